The van der Waals surface area contributed by atoms with Crippen LogP contribution in [0.2, 0.25) is 10.0 Å². The van der Waals surface area contributed by atoms with Crippen molar-refractivity contribution in [2.24, 2.45) is 0 Å². The molecule has 1 aromatic heterocycles. The average molecular weight is 421 g/mol. The van der Waals surface area contributed by atoms with Gasteiger partial charge in [0.25, 0.3) is 0 Å². The number of nitrogens with zero attached hydrogens (tertiary/aromatic N) is 3. The van der Waals surface area contributed by atoms with Crippen LogP contribution < -0.4 is 5.32 Å². The zero-order chi connectivity index (χ0) is 19.2. The van der Waals surface area contributed by atoms with E-state index in [9.17, 15) is 4.79 Å². The maximum Gasteiger partial charge on any atom is 0.230 e. The fourth-order valence-corrected chi connectivity index (χ4v) is 3.66. The van der Waals surface area contributed by atoms with Crippen LogP contribution in [-0.4, -0.2) is 26.4 Å². The van der Waals surface area contributed by atoms with E-state index in [2.05, 4.69) is 15.5 Å². The maximum absolute atomic E-state index is 12.4. The molecule has 1 unspecified atom stereocenters. The van der Waals surface area contributed by atoms with Gasteiger partial charge in [-0.2, -0.15) is 0 Å². The van der Waals surface area contributed by atoms with Crippen LogP contribution in [0.1, 0.15) is 24.9 Å². The first-order valence-corrected chi connectivity index (χ1v) is 10.1. The summed E-state index contributed by atoms with van der Waals surface area (Å²) in [6.07, 6.45) is 2.39. The molecule has 0 saturated heterocycles. The molecule has 1 atom stereocenters. The summed E-state index contributed by atoms with van der Waals surface area (Å²) in [5.41, 5.74) is 1.88. The number of hydrogen-bond donors (Lipinski definition) is 1. The lowest BCUT2D eigenvalue weighted by Gasteiger charge is -2.17. The van der Waals surface area contributed by atoms with Crippen molar-refractivity contribution in [2.45, 2.75) is 24.5 Å². The lowest BCUT2D eigenvalue weighted by atomic mass is 10.0. The molecule has 1 amide bonds. The molecule has 3 aromatic rings. The third-order valence-corrected chi connectivity index (χ3v) is 5.38. The number of amides is 1. The predicted octanol–water partition coefficient (Wildman–Crippen LogP) is 4.93. The predicted molar refractivity (Wildman–Crippen MR) is 110 cm³/mol. The lowest BCUT2D eigenvalue weighted by molar-refractivity contribution is -0.119. The Bertz CT molecular complexity index is 914. The first-order chi connectivity index (χ1) is 13.1. The van der Waals surface area contributed by atoms with E-state index in [1.54, 1.807) is 17.0 Å². The highest BCUT2D eigenvalue weighted by atomic mass is 35.5. The Hall–Kier alpha value is -2.02. The van der Waals surface area contributed by atoms with Crippen LogP contribution in [0.25, 0.3) is 5.69 Å². The first kappa shape index (κ1) is 19.7. The van der Waals surface area contributed by atoms with Gasteiger partial charge < -0.3 is 5.32 Å². The summed E-state index contributed by atoms with van der Waals surface area (Å²) in [6.45, 7) is 2.03. The minimum atomic E-state index is -0.0672. The van der Waals surface area contributed by atoms with Gasteiger partial charge in [-0.25, -0.2) is 0 Å². The van der Waals surface area contributed by atoms with Crippen LogP contribution in [0.15, 0.2) is 60.0 Å². The van der Waals surface area contributed by atoms with Gasteiger partial charge in [-0.3, -0.25) is 9.36 Å². The fraction of sp³-hybridized carbons (Fsp3) is 0.211. The summed E-state index contributed by atoms with van der Waals surface area (Å²) in [5.74, 6) is 0.172. The van der Waals surface area contributed by atoms with Crippen molar-refractivity contribution in [3.63, 3.8) is 0 Å². The van der Waals surface area contributed by atoms with Crippen LogP contribution >= 0.6 is 35.0 Å². The minimum Gasteiger partial charge on any atom is -0.349 e. The molecule has 0 aliphatic carbocycles. The molecule has 0 aliphatic rings. The van der Waals surface area contributed by atoms with E-state index in [-0.39, 0.29) is 17.7 Å². The topological polar surface area (TPSA) is 59.8 Å². The van der Waals surface area contributed by atoms with E-state index in [4.69, 9.17) is 23.2 Å². The molecule has 8 heteroatoms. The Morgan fingerprint density at radius 3 is 2.67 bits per heavy atom. The fourth-order valence-electron chi connectivity index (χ4n) is 2.61. The second-order valence-electron chi connectivity index (χ2n) is 5.83. The van der Waals surface area contributed by atoms with Gasteiger partial charge in [0.1, 0.15) is 6.33 Å². The number of hydrogen-bond acceptors (Lipinski definition) is 4. The summed E-state index contributed by atoms with van der Waals surface area (Å²) < 4.78 is 1.81. The van der Waals surface area contributed by atoms with E-state index >= 15 is 0 Å². The maximum atomic E-state index is 12.4. The van der Waals surface area contributed by atoms with Crippen LogP contribution in [0.4, 0.5) is 0 Å². The molecule has 0 spiro atoms. The number of carbonyl (C=O) groups excluding carboxylic acids is 1. The standard InChI is InChI=1S/C19H18Cl2N4OS/c1-2-17(13-6-8-14(20)9-7-13)23-18(26)11-27-19-24-22-12-25(19)16-5-3-4-15(21)10-16/h3-10,12,17H,2,11H2,1H3,(H,23,26). The van der Waals surface area contributed by atoms with Gasteiger partial charge in [-0.05, 0) is 42.3 Å². The van der Waals surface area contributed by atoms with Gasteiger partial charge in [0, 0.05) is 10.0 Å². The molecule has 5 nitrogen and oxygen atoms in total. The average Bonchev–Trinajstić information content (AvgIpc) is 3.14. The molecule has 0 bridgehead atoms. The molecule has 1 N–H and O–H groups in total. The number of benzene rings is 2. The summed E-state index contributed by atoms with van der Waals surface area (Å²) in [6, 6.07) is 14.9. The number of nitrogens with one attached hydrogen (secondary N) is 1. The third kappa shape index (κ3) is 5.25. The van der Waals surface area contributed by atoms with E-state index in [1.165, 1.54) is 11.8 Å². The van der Waals surface area contributed by atoms with Gasteiger partial charge in [0.2, 0.25) is 5.91 Å². The minimum absolute atomic E-state index is 0.0545. The monoisotopic (exact) mass is 420 g/mol. The highest BCUT2D eigenvalue weighted by Gasteiger charge is 2.15. The number of thioether (sulfide) groups is 1. The van der Waals surface area contributed by atoms with Crippen molar-refractivity contribution in [1.82, 2.24) is 20.1 Å². The van der Waals surface area contributed by atoms with E-state index in [0.29, 0.717) is 15.2 Å². The summed E-state index contributed by atoms with van der Waals surface area (Å²) in [7, 11) is 0. The van der Waals surface area contributed by atoms with Gasteiger partial charge >= 0.3 is 0 Å². The number of carbonyl (C=O) groups is 1. The largest absolute Gasteiger partial charge is 0.349 e. The quantitative estimate of drug-likeness (QED) is 0.550. The summed E-state index contributed by atoms with van der Waals surface area (Å²) in [4.78, 5) is 12.4. The molecular weight excluding hydrogens is 403 g/mol. The Balaban J connectivity index is 1.63. The molecule has 0 saturated carbocycles. The Morgan fingerprint density at radius 1 is 1.19 bits per heavy atom. The Kier molecular flexibility index (Phi) is 6.77. The van der Waals surface area contributed by atoms with Gasteiger partial charge in [-0.15, -0.1) is 10.2 Å². The Labute approximate surface area is 172 Å². The van der Waals surface area contributed by atoms with Gasteiger partial charge in [0.15, 0.2) is 5.16 Å². The van der Waals surface area contributed by atoms with Crippen LogP contribution in [-0.2, 0) is 4.79 Å². The highest BCUT2D eigenvalue weighted by Crippen LogP contribution is 2.23. The zero-order valence-electron chi connectivity index (χ0n) is 14.6. The van der Waals surface area contributed by atoms with E-state index in [1.807, 2.05) is 49.4 Å². The van der Waals surface area contributed by atoms with Crippen LogP contribution in [0.3, 0.4) is 0 Å². The molecule has 2 aromatic carbocycles. The molecule has 140 valence electrons. The lowest BCUT2D eigenvalue weighted by Crippen LogP contribution is -2.29. The molecule has 0 fully saturated rings. The second-order valence-corrected chi connectivity index (χ2v) is 7.65. The molecular formula is C19H18Cl2N4OS. The smallest absolute Gasteiger partial charge is 0.230 e. The van der Waals surface area contributed by atoms with Crippen LogP contribution in [0.5, 0.6) is 0 Å². The zero-order valence-corrected chi connectivity index (χ0v) is 16.9. The summed E-state index contributed by atoms with van der Waals surface area (Å²) >= 11 is 13.3. The van der Waals surface area contributed by atoms with E-state index in [0.717, 1.165) is 17.7 Å². The van der Waals surface area contributed by atoms with Crippen molar-refractivity contribution >= 4 is 40.9 Å². The van der Waals surface area contributed by atoms with Gasteiger partial charge in [-0.1, -0.05) is 60.1 Å². The number of halogens is 2. The normalized spacial score (nSPS) is 12.0. The molecule has 3 rings (SSSR count). The van der Waals surface area contributed by atoms with Crippen molar-refractivity contribution in [3.05, 3.63) is 70.5 Å². The highest BCUT2D eigenvalue weighted by molar-refractivity contribution is 7.99. The third-order valence-electron chi connectivity index (χ3n) is 3.95. The van der Waals surface area contributed by atoms with Crippen molar-refractivity contribution in [1.29, 1.82) is 0 Å². The second kappa shape index (κ2) is 9.26. The van der Waals surface area contributed by atoms with Gasteiger partial charge in [0.05, 0.1) is 17.5 Å². The molecule has 0 aliphatic heterocycles. The number of aromatic nitrogens is 3. The SMILES string of the molecule is CCC(NC(=O)CSc1nncn1-c1cccc(Cl)c1)c1ccc(Cl)cc1. The number of rotatable bonds is 7. The first-order valence-electron chi connectivity index (χ1n) is 8.40. The molecule has 27 heavy (non-hydrogen) atoms. The molecule has 1 heterocycles. The van der Waals surface area contributed by atoms with Crippen molar-refractivity contribution < 1.29 is 4.79 Å². The van der Waals surface area contributed by atoms with E-state index < -0.39 is 0 Å². The van der Waals surface area contributed by atoms with Crippen molar-refractivity contribution in [3.8, 4) is 5.69 Å². The Morgan fingerprint density at radius 2 is 1.96 bits per heavy atom. The van der Waals surface area contributed by atoms with Crippen molar-refractivity contribution in [2.75, 3.05) is 5.75 Å². The molecule has 0 radical (unpaired) electrons. The summed E-state index contributed by atoms with van der Waals surface area (Å²) in [5, 5.41) is 13.0. The van der Waals surface area contributed by atoms with Crippen LogP contribution in [0, 0.1) is 0 Å².